The van der Waals surface area contributed by atoms with E-state index in [1.165, 1.54) is 0 Å². The van der Waals surface area contributed by atoms with Crippen LogP contribution in [0.15, 0.2) is 24.3 Å². The molecule has 1 rings (SSSR count). The lowest BCUT2D eigenvalue weighted by atomic mass is 10.0. The third-order valence-corrected chi connectivity index (χ3v) is 2.15. The van der Waals surface area contributed by atoms with Crippen LogP contribution in [0, 0.1) is 0 Å². The molecule has 0 unspecified atom stereocenters. The Morgan fingerprint density at radius 1 is 1.53 bits per heavy atom. The Hall–Kier alpha value is -1.68. The molecule has 1 aromatic carbocycles. The fourth-order valence-electron chi connectivity index (χ4n) is 1.27. The molecule has 0 aromatic heterocycles. The van der Waals surface area contributed by atoms with Gasteiger partial charge >= 0.3 is 5.97 Å². The van der Waals surface area contributed by atoms with Crippen molar-refractivity contribution in [3.8, 4) is 0 Å². The van der Waals surface area contributed by atoms with Gasteiger partial charge in [0.15, 0.2) is 0 Å². The van der Waals surface area contributed by atoms with E-state index in [2.05, 4.69) is 0 Å². The van der Waals surface area contributed by atoms with Gasteiger partial charge in [-0.05, 0) is 24.5 Å². The van der Waals surface area contributed by atoms with Crippen LogP contribution >= 0.6 is 0 Å². The van der Waals surface area contributed by atoms with Crippen molar-refractivity contribution in [3.05, 3.63) is 35.4 Å². The van der Waals surface area contributed by atoms with Crippen molar-refractivity contribution in [1.29, 1.82) is 0 Å². The second kappa shape index (κ2) is 5.26. The summed E-state index contributed by atoms with van der Waals surface area (Å²) in [6, 6.07) is 6.21. The van der Waals surface area contributed by atoms with E-state index in [0.717, 1.165) is 11.8 Å². The van der Waals surface area contributed by atoms with E-state index in [9.17, 15) is 9.59 Å². The predicted octanol–water partition coefficient (Wildman–Crippen LogP) is 0.844. The summed E-state index contributed by atoms with van der Waals surface area (Å²) in [5.41, 5.74) is 6.89. The lowest BCUT2D eigenvalue weighted by molar-refractivity contribution is -0.138. The minimum atomic E-state index is -0.999. The molecule has 0 radical (unpaired) electrons. The monoisotopic (exact) mass is 207 g/mol. The maximum absolute atomic E-state index is 10.5. The lowest BCUT2D eigenvalue weighted by Crippen LogP contribution is -2.30. The van der Waals surface area contributed by atoms with Gasteiger partial charge < -0.3 is 10.8 Å². The highest BCUT2D eigenvalue weighted by Gasteiger charge is 2.10. The molecule has 0 bridgehead atoms. The summed E-state index contributed by atoms with van der Waals surface area (Å²) in [4.78, 5) is 20.9. The van der Waals surface area contributed by atoms with Gasteiger partial charge in [0.25, 0.3) is 0 Å². The molecule has 0 aliphatic carbocycles. The Kier molecular flexibility index (Phi) is 4.00. The van der Waals surface area contributed by atoms with Crippen LogP contribution < -0.4 is 5.73 Å². The Bertz CT molecular complexity index is 363. The van der Waals surface area contributed by atoms with Crippen LogP contribution in [0.3, 0.4) is 0 Å². The van der Waals surface area contributed by atoms with E-state index in [4.69, 9.17) is 10.8 Å². The number of carboxylic acid groups (broad SMARTS) is 1. The maximum atomic E-state index is 10.5. The molecule has 1 atom stereocenters. The van der Waals surface area contributed by atoms with Gasteiger partial charge in [-0.3, -0.25) is 9.59 Å². The topological polar surface area (TPSA) is 80.4 Å². The van der Waals surface area contributed by atoms with Gasteiger partial charge in [-0.15, -0.1) is 0 Å². The zero-order chi connectivity index (χ0) is 11.3. The molecule has 4 heteroatoms. The first kappa shape index (κ1) is 11.4. The number of carbonyl (C=O) groups excluding carboxylic acids is 1. The number of nitrogens with two attached hydrogens (primary N) is 1. The van der Waals surface area contributed by atoms with Crippen molar-refractivity contribution in [3.63, 3.8) is 0 Å². The van der Waals surface area contributed by atoms with Gasteiger partial charge in [0.1, 0.15) is 12.3 Å². The van der Waals surface area contributed by atoms with Crippen LogP contribution in [-0.2, 0) is 11.2 Å². The molecule has 15 heavy (non-hydrogen) atoms. The van der Waals surface area contributed by atoms with E-state index >= 15 is 0 Å². The van der Waals surface area contributed by atoms with Crippen LogP contribution in [0.5, 0.6) is 0 Å². The molecule has 0 spiro atoms. The fraction of sp³-hybridized carbons (Fsp3) is 0.273. The second-order valence-electron chi connectivity index (χ2n) is 3.35. The number of benzene rings is 1. The molecule has 0 aliphatic heterocycles. The number of aliphatic carboxylic acids is 1. The average Bonchev–Trinajstić information content (AvgIpc) is 2.26. The quantitative estimate of drug-likeness (QED) is 0.701. The highest BCUT2D eigenvalue weighted by Crippen LogP contribution is 2.07. The number of hydrogen-bond donors (Lipinski definition) is 2. The summed E-state index contributed by atoms with van der Waals surface area (Å²) >= 11 is 0. The van der Waals surface area contributed by atoms with Crippen LogP contribution in [0.1, 0.15) is 22.3 Å². The third kappa shape index (κ3) is 3.52. The molecule has 3 N–H and O–H groups in total. The minimum Gasteiger partial charge on any atom is -0.480 e. The van der Waals surface area contributed by atoms with Crippen molar-refractivity contribution in [2.24, 2.45) is 5.73 Å². The van der Waals surface area contributed by atoms with E-state index in [1.54, 1.807) is 18.2 Å². The number of carbonyl (C=O) groups is 2. The summed E-state index contributed by atoms with van der Waals surface area (Å²) in [5.74, 6) is -0.999. The van der Waals surface area contributed by atoms with Gasteiger partial charge in [0, 0.05) is 5.56 Å². The number of aryl methyl sites for hydroxylation is 1. The molecule has 0 saturated carbocycles. The SMILES string of the molecule is N[C@H](CCc1cccc(C=O)c1)C(=O)O. The van der Waals surface area contributed by atoms with Crippen LogP contribution in [0.4, 0.5) is 0 Å². The van der Waals surface area contributed by atoms with E-state index in [0.29, 0.717) is 18.4 Å². The minimum absolute atomic E-state index is 0.373. The third-order valence-electron chi connectivity index (χ3n) is 2.15. The maximum Gasteiger partial charge on any atom is 0.320 e. The van der Waals surface area contributed by atoms with Crippen LogP contribution in [-0.4, -0.2) is 23.4 Å². The number of aldehydes is 1. The number of carboxylic acids is 1. The molecular weight excluding hydrogens is 194 g/mol. The normalized spacial score (nSPS) is 12.1. The van der Waals surface area contributed by atoms with Crippen molar-refractivity contribution in [2.75, 3.05) is 0 Å². The van der Waals surface area contributed by atoms with E-state index in [1.807, 2.05) is 6.07 Å². The Morgan fingerprint density at radius 2 is 2.27 bits per heavy atom. The first-order valence-electron chi connectivity index (χ1n) is 4.66. The van der Waals surface area contributed by atoms with Crippen molar-refractivity contribution in [2.45, 2.75) is 18.9 Å². The Labute approximate surface area is 87.7 Å². The van der Waals surface area contributed by atoms with Gasteiger partial charge in [-0.1, -0.05) is 18.2 Å². The molecule has 1 aromatic rings. The Morgan fingerprint density at radius 3 is 2.87 bits per heavy atom. The molecule has 0 heterocycles. The molecule has 0 aliphatic rings. The van der Waals surface area contributed by atoms with Crippen LogP contribution in [0.25, 0.3) is 0 Å². The zero-order valence-corrected chi connectivity index (χ0v) is 8.22. The summed E-state index contributed by atoms with van der Waals surface area (Å²) in [7, 11) is 0. The first-order valence-corrected chi connectivity index (χ1v) is 4.66. The largest absolute Gasteiger partial charge is 0.480 e. The van der Waals surface area contributed by atoms with E-state index < -0.39 is 12.0 Å². The van der Waals surface area contributed by atoms with Crippen LogP contribution in [0.2, 0.25) is 0 Å². The lowest BCUT2D eigenvalue weighted by Gasteiger charge is -2.06. The van der Waals surface area contributed by atoms with Crippen molar-refractivity contribution < 1.29 is 14.7 Å². The fourth-order valence-corrected chi connectivity index (χ4v) is 1.27. The van der Waals surface area contributed by atoms with Gasteiger partial charge in [-0.25, -0.2) is 0 Å². The number of hydrogen-bond acceptors (Lipinski definition) is 3. The standard InChI is InChI=1S/C11H13NO3/c12-10(11(14)15)5-4-8-2-1-3-9(6-8)7-13/h1-3,6-7,10H,4-5,12H2,(H,14,15)/t10-/m1/s1. The van der Waals surface area contributed by atoms with Crippen molar-refractivity contribution in [1.82, 2.24) is 0 Å². The van der Waals surface area contributed by atoms with Gasteiger partial charge in [0.05, 0.1) is 0 Å². The summed E-state index contributed by atoms with van der Waals surface area (Å²) in [6.45, 7) is 0. The molecule has 0 saturated heterocycles. The zero-order valence-electron chi connectivity index (χ0n) is 8.22. The predicted molar refractivity (Wildman–Crippen MR) is 55.8 cm³/mol. The highest BCUT2D eigenvalue weighted by molar-refractivity contribution is 5.75. The summed E-state index contributed by atoms with van der Waals surface area (Å²) in [6.07, 6.45) is 1.70. The molecule has 0 amide bonds. The molecule has 80 valence electrons. The molecule has 0 fully saturated rings. The van der Waals surface area contributed by atoms with Gasteiger partial charge in [0.2, 0.25) is 0 Å². The number of rotatable bonds is 5. The Balaban J connectivity index is 2.57. The van der Waals surface area contributed by atoms with Gasteiger partial charge in [-0.2, -0.15) is 0 Å². The van der Waals surface area contributed by atoms with E-state index in [-0.39, 0.29) is 0 Å². The smallest absolute Gasteiger partial charge is 0.320 e. The second-order valence-corrected chi connectivity index (χ2v) is 3.35. The highest BCUT2D eigenvalue weighted by atomic mass is 16.4. The molecular formula is C11H13NO3. The summed E-state index contributed by atoms with van der Waals surface area (Å²) < 4.78 is 0. The summed E-state index contributed by atoms with van der Waals surface area (Å²) in [5, 5.41) is 8.58. The van der Waals surface area contributed by atoms with Crippen molar-refractivity contribution >= 4 is 12.3 Å². The molecule has 4 nitrogen and oxygen atoms in total. The first-order chi connectivity index (χ1) is 7.13. The average molecular weight is 207 g/mol.